The van der Waals surface area contributed by atoms with Crippen molar-refractivity contribution in [3.8, 4) is 0 Å². The predicted molar refractivity (Wildman–Crippen MR) is 297 cm³/mol. The number of hydrogen-bond acceptors (Lipinski definition) is 17. The monoisotopic (exact) mass is 1040 g/mol. The molecule has 0 aromatic heterocycles. The van der Waals surface area contributed by atoms with Crippen LogP contribution in [0, 0.1) is 5.92 Å². The van der Waals surface area contributed by atoms with Gasteiger partial charge in [-0.2, -0.15) is 0 Å². The van der Waals surface area contributed by atoms with E-state index in [9.17, 15) is 28.8 Å². The van der Waals surface area contributed by atoms with Crippen LogP contribution in [-0.2, 0) is 60.6 Å². The molecule has 21 heteroatoms. The molecule has 0 bridgehead atoms. The van der Waals surface area contributed by atoms with Crippen molar-refractivity contribution in [1.29, 1.82) is 0 Å². The second-order valence-electron chi connectivity index (χ2n) is 14.0. The lowest BCUT2D eigenvalue weighted by atomic mass is 10.1. The maximum Gasteiger partial charge on any atom is 0.323 e. The van der Waals surface area contributed by atoms with Crippen molar-refractivity contribution in [3.05, 3.63) is 71.8 Å². The van der Waals surface area contributed by atoms with Crippen LogP contribution in [0.15, 0.2) is 60.7 Å². The van der Waals surface area contributed by atoms with E-state index in [1.165, 1.54) is 28.2 Å². The predicted octanol–water partition coefficient (Wildman–Crippen LogP) is 1.93. The Balaban J connectivity index is -0.000000159. The van der Waals surface area contributed by atoms with Crippen LogP contribution in [0.1, 0.15) is 99.6 Å². The Kier molecular flexibility index (Phi) is 67.8. The van der Waals surface area contributed by atoms with Gasteiger partial charge in [-0.05, 0) is 58.1 Å². The van der Waals surface area contributed by atoms with Crippen LogP contribution in [0.3, 0.4) is 0 Å². The molecule has 21 nitrogen and oxygen atoms in total. The third kappa shape index (κ3) is 46.0. The van der Waals surface area contributed by atoms with E-state index in [-0.39, 0.29) is 67.4 Å². The van der Waals surface area contributed by atoms with E-state index in [4.69, 9.17) is 36.2 Å². The molecule has 0 saturated carbocycles. The van der Waals surface area contributed by atoms with Crippen molar-refractivity contribution >= 4 is 42.0 Å². The summed E-state index contributed by atoms with van der Waals surface area (Å²) in [6.07, 6.45) is 2.65. The van der Waals surface area contributed by atoms with E-state index in [1.54, 1.807) is 28.2 Å². The molecule has 0 aliphatic carbocycles. The van der Waals surface area contributed by atoms with Gasteiger partial charge >= 0.3 is 17.9 Å². The smallest absolute Gasteiger partial charge is 0.323 e. The van der Waals surface area contributed by atoms with E-state index in [2.05, 4.69) is 43.0 Å². The molecule has 0 radical (unpaired) electrons. The third-order valence-corrected chi connectivity index (χ3v) is 8.95. The van der Waals surface area contributed by atoms with Crippen LogP contribution in [0.25, 0.3) is 0 Å². The maximum absolute atomic E-state index is 12.0. The topological polar surface area (TPSA) is 335 Å². The first-order chi connectivity index (χ1) is 35.0. The Morgan fingerprint density at radius 3 is 0.945 bits per heavy atom. The van der Waals surface area contributed by atoms with Crippen molar-refractivity contribution in [2.45, 2.75) is 138 Å². The Hall–Kier alpha value is -5.55. The lowest BCUT2D eigenvalue weighted by Crippen LogP contribution is -2.42. The van der Waals surface area contributed by atoms with Gasteiger partial charge in [0.1, 0.15) is 18.1 Å². The van der Waals surface area contributed by atoms with Gasteiger partial charge in [0.05, 0.1) is 37.9 Å². The summed E-state index contributed by atoms with van der Waals surface area (Å²) in [6, 6.07) is 16.3. The quantitative estimate of drug-likeness (QED) is 0.0406. The van der Waals surface area contributed by atoms with Crippen LogP contribution in [0.5, 0.6) is 0 Å². The van der Waals surface area contributed by atoms with Crippen molar-refractivity contribution in [1.82, 2.24) is 37.2 Å². The van der Waals surface area contributed by atoms with E-state index < -0.39 is 30.2 Å². The molecule has 0 fully saturated rings. The SMILES string of the molecule is CC.CC.CC.CC.CN.CNC(=O)[C@@H](N)CCOC(=O)[C@@H](NC)C(C)C.CNC(=O)[C@@H](N)CCOC(=O)[C@H](Cc1ccccc1)NC.CNC(=O)[C@@H](N)CCOC(=O)[C@H](Cc1ccccc1)NC.CNC=O. The number of hydrogen-bond donors (Lipinski definition) is 11. The first-order valence-electron chi connectivity index (χ1n) is 25.2. The maximum atomic E-state index is 12.0. The number of benzene rings is 2. The lowest BCUT2D eigenvalue weighted by Gasteiger charge is -2.19. The molecule has 73 heavy (non-hydrogen) atoms. The van der Waals surface area contributed by atoms with Crippen molar-refractivity contribution in [3.63, 3.8) is 0 Å². The molecule has 0 saturated heterocycles. The Bertz CT molecular complexity index is 1500. The highest BCUT2D eigenvalue weighted by atomic mass is 16.5. The van der Waals surface area contributed by atoms with Gasteiger partial charge in [0.2, 0.25) is 24.1 Å². The second-order valence-corrected chi connectivity index (χ2v) is 14.0. The van der Waals surface area contributed by atoms with Gasteiger partial charge in [-0.25, -0.2) is 0 Å². The molecule has 0 aliphatic heterocycles. The number of esters is 3. The number of carbonyl (C=O) groups excluding carboxylic acids is 7. The number of likely N-dealkylation sites (N-methyl/N-ethyl adjacent to an activating group) is 6. The first kappa shape index (κ1) is 81.5. The van der Waals surface area contributed by atoms with Gasteiger partial charge in [-0.1, -0.05) is 130 Å². The van der Waals surface area contributed by atoms with Crippen LogP contribution < -0.4 is 60.2 Å². The van der Waals surface area contributed by atoms with Gasteiger partial charge in [0.25, 0.3) is 0 Å². The number of amides is 4. The lowest BCUT2D eigenvalue weighted by molar-refractivity contribution is -0.148. The largest absolute Gasteiger partial charge is 0.464 e. The molecule has 2 aromatic carbocycles. The molecule has 2 rings (SSSR count). The molecular weight excluding hydrogens is 939 g/mol. The van der Waals surface area contributed by atoms with Gasteiger partial charge in [0, 0.05) is 47.5 Å². The number of ether oxygens (including phenoxy) is 3. The minimum absolute atomic E-state index is 0.125. The Morgan fingerprint density at radius 2 is 0.740 bits per heavy atom. The minimum atomic E-state index is -0.662. The second kappa shape index (κ2) is 60.8. The molecule has 6 atom stereocenters. The van der Waals surface area contributed by atoms with Gasteiger partial charge in [-0.3, -0.25) is 33.6 Å². The number of carbonyl (C=O) groups is 7. The van der Waals surface area contributed by atoms with E-state index in [0.29, 0.717) is 38.5 Å². The zero-order valence-electron chi connectivity index (χ0n) is 47.9. The number of nitrogens with one attached hydrogen (secondary N) is 7. The number of rotatable bonds is 24. The molecule has 0 spiro atoms. The Labute approximate surface area is 440 Å². The molecular formula is C52H103N11O10. The number of nitrogens with two attached hydrogens (primary N) is 4. The summed E-state index contributed by atoms with van der Waals surface area (Å²) in [5.74, 6) is -1.63. The molecule has 0 aliphatic rings. The van der Waals surface area contributed by atoms with Crippen LogP contribution in [0.4, 0.5) is 0 Å². The highest BCUT2D eigenvalue weighted by Gasteiger charge is 2.23. The Morgan fingerprint density at radius 1 is 0.479 bits per heavy atom. The van der Waals surface area contributed by atoms with Gasteiger partial charge in [-0.15, -0.1) is 0 Å². The molecule has 2 aromatic rings. The first-order valence-corrected chi connectivity index (χ1v) is 25.2. The highest BCUT2D eigenvalue weighted by Crippen LogP contribution is 2.07. The van der Waals surface area contributed by atoms with Crippen LogP contribution in [-0.4, -0.2) is 154 Å². The summed E-state index contributed by atoms with van der Waals surface area (Å²) in [5.41, 5.74) is 23.4. The van der Waals surface area contributed by atoms with Crippen LogP contribution >= 0.6 is 0 Å². The van der Waals surface area contributed by atoms with Gasteiger partial charge < -0.3 is 74.4 Å². The molecule has 0 heterocycles. The zero-order valence-corrected chi connectivity index (χ0v) is 47.9. The highest BCUT2D eigenvalue weighted by molar-refractivity contribution is 5.82. The summed E-state index contributed by atoms with van der Waals surface area (Å²) in [6.45, 7) is 20.3. The fourth-order valence-electron chi connectivity index (χ4n) is 5.13. The molecule has 426 valence electrons. The van der Waals surface area contributed by atoms with Crippen molar-refractivity contribution < 1.29 is 47.8 Å². The summed E-state index contributed by atoms with van der Waals surface area (Å²) in [7, 11) is 12.8. The fourth-order valence-corrected chi connectivity index (χ4v) is 5.13. The average molecular weight is 1040 g/mol. The van der Waals surface area contributed by atoms with E-state index in [0.717, 1.165) is 11.1 Å². The fraction of sp³-hybridized carbons (Fsp3) is 0.635. The minimum Gasteiger partial charge on any atom is -0.464 e. The molecule has 15 N–H and O–H groups in total. The van der Waals surface area contributed by atoms with Crippen molar-refractivity contribution in [2.24, 2.45) is 28.9 Å². The van der Waals surface area contributed by atoms with Gasteiger partial charge in [0.15, 0.2) is 0 Å². The normalized spacial score (nSPS) is 11.7. The summed E-state index contributed by atoms with van der Waals surface area (Å²) in [4.78, 5) is 78.2. The standard InChI is InChI=1S/2C15H23N3O3.C11H23N3O3.C2H5NO.4C2H6.CH5N/c2*1-17-13(10-11-6-4-3-5-7-11)15(20)21-9-8-12(16)14(19)18-2;1-7(2)9(13-3)11(16)17-6-5-8(12)10(15)14-4;1-3-2-4;5*1-2/h2*3-7,12-13,17H,8-10,16H2,1-2H3,(H,18,19);7-9,13H,5-6,12H2,1-4H3,(H,14,15);2H,1H3,(H,3,4);4*1-2H3;2H2,1H3/t2*12-,13-;8-,9-;;;;;;/m000....../s1. The zero-order chi connectivity index (χ0) is 58.2. The summed E-state index contributed by atoms with van der Waals surface area (Å²) in [5, 5.41) is 18.4. The average Bonchev–Trinajstić information content (AvgIpc) is 3.44. The third-order valence-electron chi connectivity index (χ3n) is 8.95. The summed E-state index contributed by atoms with van der Waals surface area (Å²) < 4.78 is 15.4. The van der Waals surface area contributed by atoms with Crippen molar-refractivity contribution in [2.75, 3.05) is 76.2 Å². The van der Waals surface area contributed by atoms with Crippen LogP contribution in [0.2, 0.25) is 0 Å². The summed E-state index contributed by atoms with van der Waals surface area (Å²) >= 11 is 0. The molecule has 0 unspecified atom stereocenters. The van der Waals surface area contributed by atoms with E-state index in [1.807, 2.05) is 130 Å². The molecule has 4 amide bonds. The van der Waals surface area contributed by atoms with E-state index >= 15 is 0 Å².